The first kappa shape index (κ1) is 16.5. The maximum atomic E-state index is 12.4. The van der Waals surface area contributed by atoms with Gasteiger partial charge in [0.2, 0.25) is 0 Å². The van der Waals surface area contributed by atoms with Crippen LogP contribution in [0.4, 0.5) is 13.2 Å². The van der Waals surface area contributed by atoms with Crippen molar-refractivity contribution in [2.24, 2.45) is 0 Å². The molecule has 0 aliphatic carbocycles. The molecule has 1 fully saturated rings. The summed E-state index contributed by atoms with van der Waals surface area (Å²) in [6, 6.07) is 4.37. The number of fused-ring (bicyclic) bond motifs is 2. The van der Waals surface area contributed by atoms with E-state index in [4.69, 9.17) is 0 Å². The number of benzene rings is 1. The Kier molecular flexibility index (Phi) is 4.06. The van der Waals surface area contributed by atoms with E-state index in [1.54, 1.807) is 6.07 Å². The number of hydrogen-bond donors (Lipinski definition) is 2. The highest BCUT2D eigenvalue weighted by atomic mass is 32.2. The Morgan fingerprint density at radius 2 is 1.83 bits per heavy atom. The molecular weight excluding hydrogens is 333 g/mol. The van der Waals surface area contributed by atoms with Crippen molar-refractivity contribution in [2.45, 2.75) is 30.3 Å². The van der Waals surface area contributed by atoms with E-state index in [1.807, 2.05) is 0 Å². The van der Waals surface area contributed by atoms with Crippen LogP contribution in [0.5, 0.6) is 5.75 Å². The van der Waals surface area contributed by atoms with E-state index in [0.29, 0.717) is 13.0 Å². The zero-order valence-electron chi connectivity index (χ0n) is 12.2. The molecule has 9 heteroatoms. The SMILES string of the molecule is O=S(=O)(Oc1ccc2c(c1)CCNC21CCNCC1)C(F)(F)F. The van der Waals surface area contributed by atoms with Crippen molar-refractivity contribution in [3.05, 3.63) is 29.3 Å². The van der Waals surface area contributed by atoms with E-state index in [-0.39, 0.29) is 11.3 Å². The minimum absolute atomic E-state index is 0.194. The summed E-state index contributed by atoms with van der Waals surface area (Å²) in [4.78, 5) is 0. The van der Waals surface area contributed by atoms with Gasteiger partial charge in [-0.3, -0.25) is 0 Å². The van der Waals surface area contributed by atoms with Crippen molar-refractivity contribution in [1.29, 1.82) is 0 Å². The van der Waals surface area contributed by atoms with Gasteiger partial charge in [-0.15, -0.1) is 0 Å². The second-order valence-corrected chi connectivity index (χ2v) is 7.35. The number of rotatable bonds is 2. The molecular formula is C14H17F3N2O3S. The first-order valence-electron chi connectivity index (χ1n) is 7.33. The maximum absolute atomic E-state index is 12.4. The molecule has 2 heterocycles. The van der Waals surface area contributed by atoms with Gasteiger partial charge in [0.15, 0.2) is 0 Å². The molecule has 5 nitrogen and oxygen atoms in total. The van der Waals surface area contributed by atoms with Crippen LogP contribution >= 0.6 is 0 Å². The van der Waals surface area contributed by atoms with E-state index in [2.05, 4.69) is 14.8 Å². The summed E-state index contributed by atoms with van der Waals surface area (Å²) >= 11 is 0. The number of nitrogens with one attached hydrogen (secondary N) is 2. The van der Waals surface area contributed by atoms with E-state index in [9.17, 15) is 21.6 Å². The number of alkyl halides is 3. The lowest BCUT2D eigenvalue weighted by Crippen LogP contribution is -2.53. The van der Waals surface area contributed by atoms with Crippen LogP contribution in [-0.2, 0) is 22.1 Å². The number of piperidine rings is 1. The lowest BCUT2D eigenvalue weighted by Gasteiger charge is -2.43. The van der Waals surface area contributed by atoms with Crippen molar-refractivity contribution in [1.82, 2.24) is 10.6 Å². The van der Waals surface area contributed by atoms with Crippen LogP contribution in [-0.4, -0.2) is 33.6 Å². The van der Waals surface area contributed by atoms with E-state index in [1.165, 1.54) is 12.1 Å². The zero-order chi connectivity index (χ0) is 16.7. The summed E-state index contributed by atoms with van der Waals surface area (Å²) in [5.74, 6) is -0.299. The fraction of sp³-hybridized carbons (Fsp3) is 0.571. The fourth-order valence-electron chi connectivity index (χ4n) is 3.30. The number of hydrogen-bond acceptors (Lipinski definition) is 5. The van der Waals surface area contributed by atoms with Crippen LogP contribution in [0.2, 0.25) is 0 Å². The molecule has 2 N–H and O–H groups in total. The van der Waals surface area contributed by atoms with Crippen LogP contribution in [0.15, 0.2) is 18.2 Å². The average Bonchev–Trinajstić information content (AvgIpc) is 2.46. The highest BCUT2D eigenvalue weighted by molar-refractivity contribution is 7.88. The first-order chi connectivity index (χ1) is 10.7. The third-order valence-corrected chi connectivity index (χ3v) is 5.38. The summed E-state index contributed by atoms with van der Waals surface area (Å²) in [6.45, 7) is 2.41. The minimum Gasteiger partial charge on any atom is -0.376 e. The Morgan fingerprint density at radius 3 is 2.48 bits per heavy atom. The Bertz CT molecular complexity index is 698. The highest BCUT2D eigenvalue weighted by Crippen LogP contribution is 2.38. The predicted molar refractivity (Wildman–Crippen MR) is 77.5 cm³/mol. The van der Waals surface area contributed by atoms with E-state index >= 15 is 0 Å². The Balaban J connectivity index is 1.91. The van der Waals surface area contributed by atoms with Gasteiger partial charge >= 0.3 is 15.6 Å². The largest absolute Gasteiger partial charge is 0.534 e. The van der Waals surface area contributed by atoms with E-state index < -0.39 is 15.6 Å². The average molecular weight is 350 g/mol. The van der Waals surface area contributed by atoms with Gasteiger partial charge in [-0.05, 0) is 55.6 Å². The molecule has 0 unspecified atom stereocenters. The molecule has 0 bridgehead atoms. The summed E-state index contributed by atoms with van der Waals surface area (Å²) < 4.78 is 63.7. The van der Waals surface area contributed by atoms with Crippen LogP contribution in [0, 0.1) is 0 Å². The Labute approximate surface area is 132 Å². The molecule has 1 saturated heterocycles. The normalized spacial score (nSPS) is 21.0. The topological polar surface area (TPSA) is 67.4 Å². The van der Waals surface area contributed by atoms with Crippen molar-refractivity contribution in [3.63, 3.8) is 0 Å². The van der Waals surface area contributed by atoms with Gasteiger partial charge in [0.05, 0.1) is 0 Å². The second kappa shape index (κ2) is 5.64. The Morgan fingerprint density at radius 1 is 1.13 bits per heavy atom. The van der Waals surface area contributed by atoms with Crippen LogP contribution in [0.25, 0.3) is 0 Å². The second-order valence-electron chi connectivity index (χ2n) is 5.81. The third kappa shape index (κ3) is 3.05. The van der Waals surface area contributed by atoms with Gasteiger partial charge < -0.3 is 14.8 Å². The molecule has 1 aromatic carbocycles. The molecule has 0 radical (unpaired) electrons. The molecule has 128 valence electrons. The Hall–Kier alpha value is -1.32. The van der Waals surface area contributed by atoms with Crippen LogP contribution in [0.1, 0.15) is 24.0 Å². The van der Waals surface area contributed by atoms with Gasteiger partial charge in [-0.2, -0.15) is 21.6 Å². The quantitative estimate of drug-likeness (QED) is 0.627. The lowest BCUT2D eigenvalue weighted by atomic mass is 9.76. The smallest absolute Gasteiger partial charge is 0.376 e. The molecule has 0 amide bonds. The van der Waals surface area contributed by atoms with Crippen molar-refractivity contribution in [3.8, 4) is 5.75 Å². The van der Waals surface area contributed by atoms with E-state index in [0.717, 1.165) is 37.1 Å². The lowest BCUT2D eigenvalue weighted by molar-refractivity contribution is -0.0500. The molecule has 2 aliphatic heterocycles. The molecule has 1 aromatic rings. The first-order valence-corrected chi connectivity index (χ1v) is 8.74. The monoisotopic (exact) mass is 350 g/mol. The zero-order valence-corrected chi connectivity index (χ0v) is 13.1. The van der Waals surface area contributed by atoms with Gasteiger partial charge in [0, 0.05) is 12.1 Å². The molecule has 0 aromatic heterocycles. The number of halogens is 3. The van der Waals surface area contributed by atoms with Gasteiger partial charge in [-0.25, -0.2) is 0 Å². The maximum Gasteiger partial charge on any atom is 0.534 e. The van der Waals surface area contributed by atoms with Gasteiger partial charge in [0.1, 0.15) is 5.75 Å². The molecule has 3 rings (SSSR count). The van der Waals surface area contributed by atoms with Crippen molar-refractivity contribution >= 4 is 10.1 Å². The molecule has 0 saturated carbocycles. The van der Waals surface area contributed by atoms with Crippen molar-refractivity contribution < 1.29 is 25.8 Å². The van der Waals surface area contributed by atoms with Crippen molar-refractivity contribution in [2.75, 3.05) is 19.6 Å². The molecule has 0 atom stereocenters. The predicted octanol–water partition coefficient (Wildman–Crippen LogP) is 1.64. The van der Waals surface area contributed by atoms with Gasteiger partial charge in [0.25, 0.3) is 0 Å². The summed E-state index contributed by atoms with van der Waals surface area (Å²) in [5.41, 5.74) is -3.77. The van der Waals surface area contributed by atoms with Crippen LogP contribution < -0.4 is 14.8 Å². The molecule has 23 heavy (non-hydrogen) atoms. The molecule has 2 aliphatic rings. The fourth-order valence-corrected chi connectivity index (χ4v) is 3.75. The van der Waals surface area contributed by atoms with Gasteiger partial charge in [-0.1, -0.05) is 6.07 Å². The summed E-state index contributed by atoms with van der Waals surface area (Å²) in [7, 11) is -5.64. The minimum atomic E-state index is -5.64. The summed E-state index contributed by atoms with van der Waals surface area (Å²) in [5, 5.41) is 6.78. The highest BCUT2D eigenvalue weighted by Gasteiger charge is 2.48. The summed E-state index contributed by atoms with van der Waals surface area (Å²) in [6.07, 6.45) is 2.37. The third-order valence-electron chi connectivity index (χ3n) is 4.40. The standard InChI is InChI=1S/C14H17F3N2O3S/c15-14(16,17)23(20,21)22-11-1-2-12-10(9-11)3-6-19-13(12)4-7-18-8-5-13/h1-2,9,18-19H,3-8H2. The van der Waals surface area contributed by atoms with Crippen LogP contribution in [0.3, 0.4) is 0 Å². The molecule has 1 spiro atoms.